The number of amides is 1. The van der Waals surface area contributed by atoms with Gasteiger partial charge in [0.25, 0.3) is 0 Å². The van der Waals surface area contributed by atoms with Gasteiger partial charge in [-0.25, -0.2) is 0 Å². The summed E-state index contributed by atoms with van der Waals surface area (Å²) in [6.45, 7) is 3.60. The topological polar surface area (TPSA) is 85.0 Å². The third kappa shape index (κ3) is 5.27. The van der Waals surface area contributed by atoms with Crippen molar-refractivity contribution >= 4 is 35.0 Å². The average Bonchev–Trinajstić information content (AvgIpc) is 3.33. The fraction of sp³-hybridized carbons (Fsp3) is 0.278. The van der Waals surface area contributed by atoms with Gasteiger partial charge in [-0.05, 0) is 31.2 Å². The normalized spacial score (nSPS) is 10.7. The second kappa shape index (κ2) is 9.48. The van der Waals surface area contributed by atoms with Gasteiger partial charge in [-0.3, -0.25) is 4.79 Å². The van der Waals surface area contributed by atoms with Gasteiger partial charge in [-0.1, -0.05) is 35.5 Å². The van der Waals surface area contributed by atoms with Crippen LogP contribution in [0.1, 0.15) is 18.5 Å². The monoisotopic (exact) mass is 405 g/mol. The zero-order valence-electron chi connectivity index (χ0n) is 14.8. The number of carbonyl (C=O) groups is 1. The molecule has 9 heteroatoms. The number of rotatable bonds is 9. The van der Waals surface area contributed by atoms with E-state index < -0.39 is 0 Å². The summed E-state index contributed by atoms with van der Waals surface area (Å²) in [7, 11) is 0. The number of anilines is 1. The van der Waals surface area contributed by atoms with E-state index >= 15 is 0 Å². The minimum Gasteiger partial charge on any atom is -0.467 e. The van der Waals surface area contributed by atoms with Crippen molar-refractivity contribution in [2.24, 2.45) is 0 Å². The van der Waals surface area contributed by atoms with Gasteiger partial charge in [0, 0.05) is 6.54 Å². The molecule has 1 amide bonds. The zero-order valence-corrected chi connectivity index (χ0v) is 16.4. The van der Waals surface area contributed by atoms with Crippen LogP contribution in [0.4, 0.5) is 5.69 Å². The van der Waals surface area contributed by atoms with Crippen molar-refractivity contribution in [1.29, 1.82) is 0 Å². The first kappa shape index (κ1) is 19.3. The summed E-state index contributed by atoms with van der Waals surface area (Å²) in [5, 5.41) is 15.9. The molecule has 0 saturated heterocycles. The molecule has 1 aromatic carbocycles. The van der Waals surface area contributed by atoms with E-state index in [1.54, 1.807) is 12.3 Å². The Hall–Kier alpha value is -2.45. The molecule has 0 radical (unpaired) electrons. The SMILES string of the molecule is CCn1c(CNc2ccccc2Cl)nnc1SCC(=O)NCc1ccco1. The van der Waals surface area contributed by atoms with Crippen molar-refractivity contribution in [2.75, 3.05) is 11.1 Å². The van der Waals surface area contributed by atoms with Crippen LogP contribution < -0.4 is 10.6 Å². The lowest BCUT2D eigenvalue weighted by Crippen LogP contribution is -2.24. The van der Waals surface area contributed by atoms with Crippen LogP contribution in [0.5, 0.6) is 0 Å². The molecule has 3 rings (SSSR count). The predicted octanol–water partition coefficient (Wildman–Crippen LogP) is 3.57. The first-order valence-corrected chi connectivity index (χ1v) is 9.86. The summed E-state index contributed by atoms with van der Waals surface area (Å²) >= 11 is 7.52. The Kier molecular flexibility index (Phi) is 6.78. The van der Waals surface area contributed by atoms with Gasteiger partial charge in [-0.15, -0.1) is 10.2 Å². The Morgan fingerprint density at radius 3 is 2.81 bits per heavy atom. The van der Waals surface area contributed by atoms with E-state index in [2.05, 4.69) is 20.8 Å². The van der Waals surface area contributed by atoms with Gasteiger partial charge in [0.1, 0.15) is 5.76 Å². The Morgan fingerprint density at radius 1 is 1.22 bits per heavy atom. The molecule has 2 aromatic heterocycles. The molecule has 0 unspecified atom stereocenters. The second-order valence-corrected chi connectivity index (χ2v) is 6.97. The number of furan rings is 1. The maximum Gasteiger partial charge on any atom is 0.230 e. The molecule has 2 N–H and O–H groups in total. The molecule has 142 valence electrons. The number of hydrogen-bond acceptors (Lipinski definition) is 6. The maximum absolute atomic E-state index is 12.0. The summed E-state index contributed by atoms with van der Waals surface area (Å²) in [4.78, 5) is 12.0. The molecule has 0 aliphatic carbocycles. The van der Waals surface area contributed by atoms with Gasteiger partial charge < -0.3 is 19.6 Å². The fourth-order valence-corrected chi connectivity index (χ4v) is 3.49. The van der Waals surface area contributed by atoms with Crippen LogP contribution >= 0.6 is 23.4 Å². The quantitative estimate of drug-likeness (QED) is 0.529. The molecule has 27 heavy (non-hydrogen) atoms. The smallest absolute Gasteiger partial charge is 0.230 e. The standard InChI is InChI=1S/C18H20ClN5O2S/c1-2-24-16(11-20-15-8-4-3-7-14(15)19)22-23-18(24)27-12-17(25)21-10-13-6-5-9-26-13/h3-9,20H,2,10-12H2,1H3,(H,21,25). The minimum absolute atomic E-state index is 0.0854. The predicted molar refractivity (Wildman–Crippen MR) is 106 cm³/mol. The molecule has 2 heterocycles. The Morgan fingerprint density at radius 2 is 2.07 bits per heavy atom. The Balaban J connectivity index is 1.53. The number of nitrogens with one attached hydrogen (secondary N) is 2. The van der Waals surface area contributed by atoms with Crippen LogP contribution in [0.15, 0.2) is 52.2 Å². The van der Waals surface area contributed by atoms with Gasteiger partial charge in [0.2, 0.25) is 5.91 Å². The molecule has 3 aromatic rings. The van der Waals surface area contributed by atoms with Crippen LogP contribution in [0.25, 0.3) is 0 Å². The lowest BCUT2D eigenvalue weighted by molar-refractivity contribution is -0.118. The lowest BCUT2D eigenvalue weighted by atomic mass is 10.3. The largest absolute Gasteiger partial charge is 0.467 e. The van der Waals surface area contributed by atoms with Gasteiger partial charge in [0.05, 0.1) is 35.8 Å². The molecule has 0 aliphatic rings. The van der Waals surface area contributed by atoms with Crippen molar-refractivity contribution in [1.82, 2.24) is 20.1 Å². The van der Waals surface area contributed by atoms with Crippen LogP contribution in [0.3, 0.4) is 0 Å². The summed E-state index contributed by atoms with van der Waals surface area (Å²) in [5.41, 5.74) is 0.844. The number of halogens is 1. The van der Waals surface area contributed by atoms with Crippen molar-refractivity contribution in [3.63, 3.8) is 0 Å². The van der Waals surface area contributed by atoms with E-state index in [9.17, 15) is 4.79 Å². The van der Waals surface area contributed by atoms with Gasteiger partial charge in [0.15, 0.2) is 11.0 Å². The summed E-state index contributed by atoms with van der Waals surface area (Å²) in [6.07, 6.45) is 1.58. The van der Waals surface area contributed by atoms with Crippen LogP contribution in [-0.2, 0) is 24.4 Å². The molecule has 0 fully saturated rings. The average molecular weight is 406 g/mol. The Bertz CT molecular complexity index is 882. The van der Waals surface area contributed by atoms with E-state index in [4.69, 9.17) is 16.0 Å². The van der Waals surface area contributed by atoms with Crippen molar-refractivity contribution in [3.8, 4) is 0 Å². The number of aromatic nitrogens is 3. The maximum atomic E-state index is 12.0. The summed E-state index contributed by atoms with van der Waals surface area (Å²) in [6, 6.07) is 11.2. The zero-order chi connectivity index (χ0) is 19.1. The number of para-hydroxylation sites is 1. The highest BCUT2D eigenvalue weighted by Crippen LogP contribution is 2.22. The molecule has 0 bridgehead atoms. The number of benzene rings is 1. The lowest BCUT2D eigenvalue weighted by Gasteiger charge is -2.10. The van der Waals surface area contributed by atoms with Crippen LogP contribution in [0.2, 0.25) is 5.02 Å². The van der Waals surface area contributed by atoms with Crippen LogP contribution in [0, 0.1) is 0 Å². The highest BCUT2D eigenvalue weighted by molar-refractivity contribution is 7.99. The number of hydrogen-bond donors (Lipinski definition) is 2. The van der Waals surface area contributed by atoms with Crippen molar-refractivity contribution in [2.45, 2.75) is 31.7 Å². The van der Waals surface area contributed by atoms with E-state index in [0.29, 0.717) is 29.8 Å². The Labute approximate surface area is 166 Å². The molecular formula is C18H20ClN5O2S. The second-order valence-electron chi connectivity index (χ2n) is 5.62. The number of nitrogens with zero attached hydrogens (tertiary/aromatic N) is 3. The van der Waals surface area contributed by atoms with Gasteiger partial charge in [-0.2, -0.15) is 0 Å². The first-order chi connectivity index (χ1) is 13.2. The van der Waals surface area contributed by atoms with E-state index in [-0.39, 0.29) is 11.7 Å². The molecule has 0 aliphatic heterocycles. The van der Waals surface area contributed by atoms with Crippen LogP contribution in [-0.4, -0.2) is 26.4 Å². The first-order valence-electron chi connectivity index (χ1n) is 8.49. The number of thioether (sulfide) groups is 1. The third-order valence-corrected chi connectivity index (χ3v) is 5.09. The van der Waals surface area contributed by atoms with E-state index in [1.807, 2.05) is 41.8 Å². The van der Waals surface area contributed by atoms with Gasteiger partial charge >= 0.3 is 0 Å². The number of carbonyl (C=O) groups excluding carboxylic acids is 1. The molecule has 0 spiro atoms. The molecular weight excluding hydrogens is 386 g/mol. The fourth-order valence-electron chi connectivity index (χ4n) is 2.43. The minimum atomic E-state index is -0.0854. The molecule has 7 nitrogen and oxygen atoms in total. The highest BCUT2D eigenvalue weighted by atomic mass is 35.5. The van der Waals surface area contributed by atoms with E-state index in [0.717, 1.165) is 17.3 Å². The van der Waals surface area contributed by atoms with Crippen molar-refractivity contribution < 1.29 is 9.21 Å². The summed E-state index contributed by atoms with van der Waals surface area (Å²) in [5.74, 6) is 1.68. The molecule has 0 saturated carbocycles. The van der Waals surface area contributed by atoms with Crippen molar-refractivity contribution in [3.05, 3.63) is 59.3 Å². The van der Waals surface area contributed by atoms with E-state index in [1.165, 1.54) is 11.8 Å². The molecule has 0 atom stereocenters. The third-order valence-electron chi connectivity index (χ3n) is 3.79. The highest BCUT2D eigenvalue weighted by Gasteiger charge is 2.13. The summed E-state index contributed by atoms with van der Waals surface area (Å²) < 4.78 is 7.17.